The maximum atomic E-state index is 12.8. The number of rotatable bonds is 9. The molecule has 0 spiro atoms. The molecule has 3 aromatic rings. The van der Waals surface area contributed by atoms with Gasteiger partial charge in [-0.2, -0.15) is 0 Å². The molecule has 0 radical (unpaired) electrons. The first-order chi connectivity index (χ1) is 16.3. The molecule has 0 aliphatic carbocycles. The van der Waals surface area contributed by atoms with Crippen LogP contribution in [0.1, 0.15) is 29.8 Å². The van der Waals surface area contributed by atoms with Crippen molar-refractivity contribution in [1.82, 2.24) is 4.90 Å². The molecule has 0 saturated heterocycles. The van der Waals surface area contributed by atoms with Crippen LogP contribution in [0.3, 0.4) is 0 Å². The second-order valence-electron chi connectivity index (χ2n) is 8.35. The van der Waals surface area contributed by atoms with Gasteiger partial charge in [0.25, 0.3) is 5.91 Å². The third-order valence-corrected chi connectivity index (χ3v) is 5.11. The summed E-state index contributed by atoms with van der Waals surface area (Å²) in [6.07, 6.45) is 0. The Balaban J connectivity index is 1.55. The maximum absolute atomic E-state index is 12.8. The van der Waals surface area contributed by atoms with Gasteiger partial charge in [0.15, 0.2) is 0 Å². The van der Waals surface area contributed by atoms with Gasteiger partial charge in [0.05, 0.1) is 6.54 Å². The zero-order valence-corrected chi connectivity index (χ0v) is 19.7. The highest BCUT2D eigenvalue weighted by Gasteiger charge is 2.13. The molecule has 7 nitrogen and oxygen atoms in total. The van der Waals surface area contributed by atoms with Crippen LogP contribution >= 0.6 is 0 Å². The van der Waals surface area contributed by atoms with Crippen molar-refractivity contribution < 1.29 is 14.4 Å². The Bertz CT molecular complexity index is 1150. The summed E-state index contributed by atoms with van der Waals surface area (Å²) < 4.78 is 0. The van der Waals surface area contributed by atoms with E-state index in [0.29, 0.717) is 29.2 Å². The van der Waals surface area contributed by atoms with Crippen molar-refractivity contribution in [3.05, 3.63) is 90.0 Å². The number of hydrogen-bond donors (Lipinski definition) is 3. The van der Waals surface area contributed by atoms with Gasteiger partial charge < -0.3 is 20.9 Å². The Hall–Kier alpha value is -4.13. The first-order valence-corrected chi connectivity index (χ1v) is 11.2. The predicted octanol–water partition coefficient (Wildman–Crippen LogP) is 4.60. The first-order valence-electron chi connectivity index (χ1n) is 11.2. The average molecular weight is 459 g/mol. The zero-order valence-electron chi connectivity index (χ0n) is 19.7. The Labute approximate surface area is 200 Å². The van der Waals surface area contributed by atoms with Crippen LogP contribution in [0.25, 0.3) is 0 Å². The van der Waals surface area contributed by atoms with Crippen molar-refractivity contribution in [1.29, 1.82) is 0 Å². The minimum Gasteiger partial charge on any atom is -0.376 e. The molecule has 0 saturated carbocycles. The summed E-state index contributed by atoms with van der Waals surface area (Å²) in [7, 11) is 1.76. The minimum absolute atomic E-state index is 0.0279. The van der Waals surface area contributed by atoms with Crippen LogP contribution in [-0.2, 0) is 16.1 Å². The van der Waals surface area contributed by atoms with E-state index in [0.717, 1.165) is 5.56 Å². The molecule has 0 unspecified atom stereocenters. The van der Waals surface area contributed by atoms with E-state index in [9.17, 15) is 14.4 Å². The smallest absolute Gasteiger partial charge is 0.253 e. The van der Waals surface area contributed by atoms with E-state index in [2.05, 4.69) is 16.0 Å². The maximum Gasteiger partial charge on any atom is 0.253 e. The molecule has 0 atom stereocenters. The standard InChI is InChI=1S/C27H30N4O3/c1-19(2)26(33)30-24-14-8-13-23(16-24)29-25(32)17-28-22-12-7-11-21(15-22)27(34)31(3)18-20-9-5-4-6-10-20/h4-16,19,28H,17-18H2,1-3H3,(H,29,32)(H,30,33). The van der Waals surface area contributed by atoms with Gasteiger partial charge in [-0.25, -0.2) is 0 Å². The summed E-state index contributed by atoms with van der Waals surface area (Å²) >= 11 is 0. The zero-order chi connectivity index (χ0) is 24.5. The summed E-state index contributed by atoms with van der Waals surface area (Å²) in [6, 6.07) is 23.9. The van der Waals surface area contributed by atoms with Crippen molar-refractivity contribution in [3.8, 4) is 0 Å². The van der Waals surface area contributed by atoms with Crippen LogP contribution in [-0.4, -0.2) is 36.2 Å². The first kappa shape index (κ1) is 24.5. The van der Waals surface area contributed by atoms with Gasteiger partial charge in [0.2, 0.25) is 11.8 Å². The lowest BCUT2D eigenvalue weighted by Crippen LogP contribution is -2.26. The molecule has 34 heavy (non-hydrogen) atoms. The third kappa shape index (κ3) is 7.20. The number of anilines is 3. The van der Waals surface area contributed by atoms with Crippen LogP contribution < -0.4 is 16.0 Å². The number of nitrogens with zero attached hydrogens (tertiary/aromatic N) is 1. The fourth-order valence-electron chi connectivity index (χ4n) is 3.26. The molecule has 0 heterocycles. The molecule has 0 aromatic heterocycles. The van der Waals surface area contributed by atoms with E-state index in [1.165, 1.54) is 0 Å². The highest BCUT2D eigenvalue weighted by atomic mass is 16.2. The molecule has 3 amide bonds. The lowest BCUT2D eigenvalue weighted by Gasteiger charge is -2.18. The number of amides is 3. The monoisotopic (exact) mass is 458 g/mol. The Kier molecular flexibility index (Phi) is 8.40. The lowest BCUT2D eigenvalue weighted by atomic mass is 10.1. The Morgan fingerprint density at radius 2 is 1.44 bits per heavy atom. The number of benzene rings is 3. The molecule has 0 bridgehead atoms. The second kappa shape index (κ2) is 11.7. The molecule has 3 rings (SSSR count). The molecular formula is C27H30N4O3. The minimum atomic E-state index is -0.245. The van der Waals surface area contributed by atoms with E-state index >= 15 is 0 Å². The van der Waals surface area contributed by atoms with Gasteiger partial charge in [-0.1, -0.05) is 56.3 Å². The summed E-state index contributed by atoms with van der Waals surface area (Å²) in [5, 5.41) is 8.68. The second-order valence-corrected chi connectivity index (χ2v) is 8.35. The van der Waals surface area contributed by atoms with E-state index in [4.69, 9.17) is 0 Å². The molecule has 3 aromatic carbocycles. The van der Waals surface area contributed by atoms with Crippen LogP contribution in [0.2, 0.25) is 0 Å². The average Bonchev–Trinajstić information content (AvgIpc) is 2.83. The third-order valence-electron chi connectivity index (χ3n) is 5.11. The Morgan fingerprint density at radius 3 is 2.15 bits per heavy atom. The van der Waals surface area contributed by atoms with Crippen LogP contribution in [0.4, 0.5) is 17.1 Å². The van der Waals surface area contributed by atoms with Gasteiger partial charge in [-0.05, 0) is 42.0 Å². The van der Waals surface area contributed by atoms with E-state index in [-0.39, 0.29) is 30.2 Å². The van der Waals surface area contributed by atoms with Crippen LogP contribution in [0, 0.1) is 5.92 Å². The molecule has 0 aliphatic heterocycles. The quantitative estimate of drug-likeness (QED) is 0.437. The lowest BCUT2D eigenvalue weighted by molar-refractivity contribution is -0.119. The van der Waals surface area contributed by atoms with Crippen LogP contribution in [0.15, 0.2) is 78.9 Å². The van der Waals surface area contributed by atoms with Crippen molar-refractivity contribution in [3.63, 3.8) is 0 Å². The highest BCUT2D eigenvalue weighted by molar-refractivity contribution is 5.97. The fraction of sp³-hybridized carbons (Fsp3) is 0.222. The highest BCUT2D eigenvalue weighted by Crippen LogP contribution is 2.17. The summed E-state index contributed by atoms with van der Waals surface area (Å²) in [4.78, 5) is 38.8. The van der Waals surface area contributed by atoms with Crippen molar-refractivity contribution in [2.45, 2.75) is 20.4 Å². The largest absolute Gasteiger partial charge is 0.376 e. The topological polar surface area (TPSA) is 90.5 Å². The van der Waals surface area contributed by atoms with Gasteiger partial charge in [0.1, 0.15) is 0 Å². The van der Waals surface area contributed by atoms with Gasteiger partial charge in [-0.3, -0.25) is 14.4 Å². The SMILES string of the molecule is CC(C)C(=O)Nc1cccc(NC(=O)CNc2cccc(C(=O)N(C)Cc3ccccc3)c2)c1. The molecule has 0 aliphatic rings. The van der Waals surface area contributed by atoms with Crippen LogP contribution in [0.5, 0.6) is 0 Å². The Morgan fingerprint density at radius 1 is 0.794 bits per heavy atom. The van der Waals surface area contributed by atoms with Gasteiger partial charge >= 0.3 is 0 Å². The van der Waals surface area contributed by atoms with E-state index in [1.807, 2.05) is 50.2 Å². The van der Waals surface area contributed by atoms with Crippen molar-refractivity contribution in [2.75, 3.05) is 29.5 Å². The van der Waals surface area contributed by atoms with E-state index in [1.54, 1.807) is 54.4 Å². The summed E-state index contributed by atoms with van der Waals surface area (Å²) in [5.74, 6) is -0.570. The molecular weight excluding hydrogens is 428 g/mol. The number of hydrogen-bond acceptors (Lipinski definition) is 4. The fourth-order valence-corrected chi connectivity index (χ4v) is 3.26. The molecule has 3 N–H and O–H groups in total. The number of carbonyl (C=O) groups excluding carboxylic acids is 3. The van der Waals surface area contributed by atoms with Crippen molar-refractivity contribution in [2.24, 2.45) is 5.92 Å². The normalized spacial score (nSPS) is 10.5. The predicted molar refractivity (Wildman–Crippen MR) is 136 cm³/mol. The number of carbonyl (C=O) groups is 3. The summed E-state index contributed by atoms with van der Waals surface area (Å²) in [5.41, 5.74) is 3.47. The molecule has 176 valence electrons. The van der Waals surface area contributed by atoms with Gasteiger partial charge in [-0.15, -0.1) is 0 Å². The van der Waals surface area contributed by atoms with E-state index < -0.39 is 0 Å². The number of nitrogens with one attached hydrogen (secondary N) is 3. The molecule has 0 fully saturated rings. The molecule has 7 heteroatoms. The van der Waals surface area contributed by atoms with Gasteiger partial charge in [0, 0.05) is 42.1 Å². The summed E-state index contributed by atoms with van der Waals surface area (Å²) in [6.45, 7) is 4.17. The van der Waals surface area contributed by atoms with Crippen molar-refractivity contribution >= 4 is 34.8 Å².